The second-order valence-electron chi connectivity index (χ2n) is 16.6. The second kappa shape index (κ2) is 32.2. The van der Waals surface area contributed by atoms with Crippen LogP contribution in [0.15, 0.2) is 0 Å². The largest absolute Gasteiger partial charge is 0.481 e. The van der Waals surface area contributed by atoms with E-state index in [9.17, 15) is 39.6 Å². The van der Waals surface area contributed by atoms with Gasteiger partial charge in [-0.25, -0.2) is 4.79 Å². The van der Waals surface area contributed by atoms with Gasteiger partial charge in [-0.3, -0.25) is 14.4 Å². The van der Waals surface area contributed by atoms with Crippen LogP contribution in [0.5, 0.6) is 0 Å². The van der Waals surface area contributed by atoms with Crippen molar-refractivity contribution in [1.82, 2.24) is 0 Å². The zero-order chi connectivity index (χ0) is 40.6. The van der Waals surface area contributed by atoms with Crippen molar-refractivity contribution in [1.29, 1.82) is 0 Å². The Labute approximate surface area is 331 Å². The topological polar surface area (TPSA) is 149 Å². The van der Waals surface area contributed by atoms with Crippen molar-refractivity contribution in [2.45, 2.75) is 258 Å². The molecule has 0 rings (SSSR count). The van der Waals surface area contributed by atoms with Gasteiger partial charge in [0.25, 0.3) is 0 Å². The van der Waals surface area contributed by atoms with Gasteiger partial charge in [0.15, 0.2) is 11.2 Å². The molecule has 0 spiro atoms. The highest BCUT2D eigenvalue weighted by Crippen LogP contribution is 2.55. The number of carbonyl (C=O) groups is 4. The first-order valence-electron chi connectivity index (χ1n) is 23.0. The number of ketones is 1. The molecule has 4 N–H and O–H groups in total. The van der Waals surface area contributed by atoms with E-state index in [2.05, 4.69) is 20.8 Å². The van der Waals surface area contributed by atoms with Gasteiger partial charge in [0.1, 0.15) is 5.41 Å². The maximum absolute atomic E-state index is 14.1. The fourth-order valence-electron chi connectivity index (χ4n) is 8.70. The predicted molar refractivity (Wildman–Crippen MR) is 222 cm³/mol. The van der Waals surface area contributed by atoms with E-state index >= 15 is 0 Å². The maximum Gasteiger partial charge on any atom is 0.338 e. The van der Waals surface area contributed by atoms with Crippen molar-refractivity contribution in [3.8, 4) is 0 Å². The number of hydrogen-bond donors (Lipinski definition) is 4. The van der Waals surface area contributed by atoms with Gasteiger partial charge >= 0.3 is 17.9 Å². The highest BCUT2D eigenvalue weighted by Gasteiger charge is 2.75. The standard InChI is InChI=1S/C46H86O8/c1-5-9-12-15-18-21-24-27-30-33-37-44(41(48)49,38-34-31-28-25-22-19-16-13-10-6-2)46(54,43(52)53)45(42(50)51,40(47)36-8-4)39-35-32-29-26-23-20-17-14-11-7-3/h54H,5-39H2,1-4H3,(H,48,49)(H,50,51)(H,52,53). The first kappa shape index (κ1) is 52.0. The number of carbonyl (C=O) groups excluding carboxylic acids is 1. The molecule has 0 aromatic carbocycles. The third kappa shape index (κ3) is 17.9. The first-order valence-corrected chi connectivity index (χ1v) is 23.0. The summed E-state index contributed by atoms with van der Waals surface area (Å²) >= 11 is 0. The van der Waals surface area contributed by atoms with E-state index in [0.29, 0.717) is 32.1 Å². The zero-order valence-corrected chi connectivity index (χ0v) is 35.7. The average molecular weight is 767 g/mol. The molecular weight excluding hydrogens is 680 g/mol. The predicted octanol–water partition coefficient (Wildman–Crippen LogP) is 13.2. The van der Waals surface area contributed by atoms with Gasteiger partial charge in [0.2, 0.25) is 5.60 Å². The summed E-state index contributed by atoms with van der Waals surface area (Å²) in [6.45, 7) is 8.28. The minimum Gasteiger partial charge on any atom is -0.481 e. The van der Waals surface area contributed by atoms with Crippen LogP contribution >= 0.6 is 0 Å². The SMILES string of the molecule is CCCCCCCCCCCCC(CCCCCCCCCCCC)(C(=O)O)C(O)(C(=O)O)C(CCCCCCCCCCCC)(C(=O)O)C(=O)CCC. The van der Waals surface area contributed by atoms with Crippen LogP contribution in [-0.4, -0.2) is 49.7 Å². The number of unbranched alkanes of at least 4 members (excludes halogenated alkanes) is 27. The summed E-state index contributed by atoms with van der Waals surface area (Å²) in [5.41, 5.74) is -8.43. The average Bonchev–Trinajstić information content (AvgIpc) is 3.14. The molecule has 0 aromatic rings. The molecule has 2 atom stereocenters. The Kier molecular flexibility index (Phi) is 31.0. The highest BCUT2D eigenvalue weighted by atomic mass is 16.4. The van der Waals surface area contributed by atoms with Crippen molar-refractivity contribution in [3.05, 3.63) is 0 Å². The molecule has 8 nitrogen and oxygen atoms in total. The molecule has 2 unspecified atom stereocenters. The molecule has 318 valence electrons. The number of rotatable bonds is 41. The third-order valence-electron chi connectivity index (χ3n) is 12.2. The summed E-state index contributed by atoms with van der Waals surface area (Å²) in [6, 6.07) is 0. The lowest BCUT2D eigenvalue weighted by Gasteiger charge is -2.50. The van der Waals surface area contributed by atoms with Crippen molar-refractivity contribution < 1.29 is 39.6 Å². The highest BCUT2D eigenvalue weighted by molar-refractivity contribution is 6.10. The van der Waals surface area contributed by atoms with Crippen molar-refractivity contribution in [2.75, 3.05) is 0 Å². The Bertz CT molecular complexity index is 956. The smallest absolute Gasteiger partial charge is 0.338 e. The molecule has 0 aliphatic rings. The van der Waals surface area contributed by atoms with Crippen LogP contribution in [-0.2, 0) is 19.2 Å². The summed E-state index contributed by atoms with van der Waals surface area (Å²) in [4.78, 5) is 54.8. The van der Waals surface area contributed by atoms with E-state index < -0.39 is 46.5 Å². The number of Topliss-reactive ketones (excluding diaryl/α,β-unsaturated/α-hetero) is 1. The van der Waals surface area contributed by atoms with Crippen molar-refractivity contribution in [3.63, 3.8) is 0 Å². The lowest BCUT2D eigenvalue weighted by atomic mass is 9.51. The van der Waals surface area contributed by atoms with Crippen LogP contribution < -0.4 is 0 Å². The fourth-order valence-corrected chi connectivity index (χ4v) is 8.70. The van der Waals surface area contributed by atoms with Crippen molar-refractivity contribution in [2.24, 2.45) is 10.8 Å². The van der Waals surface area contributed by atoms with Crippen LogP contribution in [0.1, 0.15) is 252 Å². The van der Waals surface area contributed by atoms with E-state index in [1.54, 1.807) is 6.92 Å². The lowest BCUT2D eigenvalue weighted by molar-refractivity contribution is -0.224. The molecule has 0 bridgehead atoms. The van der Waals surface area contributed by atoms with E-state index in [1.807, 2.05) is 0 Å². The zero-order valence-electron chi connectivity index (χ0n) is 35.7. The number of carboxylic acids is 3. The Balaban J connectivity index is 6.32. The molecule has 0 amide bonds. The van der Waals surface area contributed by atoms with Crippen LogP contribution in [0.3, 0.4) is 0 Å². The van der Waals surface area contributed by atoms with Gasteiger partial charge in [-0.2, -0.15) is 0 Å². The molecule has 0 fully saturated rings. The number of hydrogen-bond acceptors (Lipinski definition) is 5. The number of aliphatic hydroxyl groups is 1. The van der Waals surface area contributed by atoms with Gasteiger partial charge in [-0.15, -0.1) is 0 Å². The first-order chi connectivity index (χ1) is 26.0. The Morgan fingerprint density at radius 1 is 0.352 bits per heavy atom. The van der Waals surface area contributed by atoms with Gasteiger partial charge in [0, 0.05) is 6.42 Å². The second-order valence-corrected chi connectivity index (χ2v) is 16.6. The van der Waals surface area contributed by atoms with E-state index in [0.717, 1.165) is 77.0 Å². The van der Waals surface area contributed by atoms with Gasteiger partial charge in [-0.1, -0.05) is 220 Å². The van der Waals surface area contributed by atoms with Crippen molar-refractivity contribution >= 4 is 23.7 Å². The van der Waals surface area contributed by atoms with Crippen LogP contribution in [0.25, 0.3) is 0 Å². The van der Waals surface area contributed by atoms with Crippen LogP contribution in [0, 0.1) is 10.8 Å². The monoisotopic (exact) mass is 767 g/mol. The summed E-state index contributed by atoms with van der Waals surface area (Å²) in [7, 11) is 0. The summed E-state index contributed by atoms with van der Waals surface area (Å²) in [6.07, 6.45) is 28.6. The third-order valence-corrected chi connectivity index (χ3v) is 12.2. The summed E-state index contributed by atoms with van der Waals surface area (Å²) < 4.78 is 0. The summed E-state index contributed by atoms with van der Waals surface area (Å²) in [5.74, 6) is -6.03. The minimum atomic E-state index is -3.32. The Hall–Kier alpha value is -1.96. The minimum absolute atomic E-state index is 0.189. The normalized spacial score (nSPS) is 14.1. The van der Waals surface area contributed by atoms with E-state index in [1.165, 1.54) is 77.0 Å². The fraction of sp³-hybridized carbons (Fsp3) is 0.913. The van der Waals surface area contributed by atoms with Gasteiger partial charge in [-0.05, 0) is 25.7 Å². The Morgan fingerprint density at radius 2 is 0.630 bits per heavy atom. The van der Waals surface area contributed by atoms with Gasteiger partial charge in [0.05, 0.1) is 0 Å². The molecule has 0 heterocycles. The van der Waals surface area contributed by atoms with E-state index in [4.69, 9.17) is 0 Å². The molecule has 0 saturated carbocycles. The molecular formula is C46H86O8. The van der Waals surface area contributed by atoms with E-state index in [-0.39, 0.29) is 32.1 Å². The lowest BCUT2D eigenvalue weighted by Crippen LogP contribution is -2.72. The van der Waals surface area contributed by atoms with Crippen LogP contribution in [0.4, 0.5) is 0 Å². The molecule has 0 aliphatic heterocycles. The Morgan fingerprint density at radius 3 is 0.870 bits per heavy atom. The number of aliphatic carboxylic acids is 3. The van der Waals surface area contributed by atoms with Crippen LogP contribution in [0.2, 0.25) is 0 Å². The summed E-state index contributed by atoms with van der Waals surface area (Å²) in [5, 5.41) is 45.7. The molecule has 8 heteroatoms. The molecule has 54 heavy (non-hydrogen) atoms. The quantitative estimate of drug-likeness (QED) is 0.0355. The molecule has 0 saturated heterocycles. The molecule has 0 aromatic heterocycles. The number of carboxylic acid groups (broad SMARTS) is 3. The molecule has 0 radical (unpaired) electrons. The van der Waals surface area contributed by atoms with Gasteiger partial charge < -0.3 is 20.4 Å². The molecule has 0 aliphatic carbocycles. The maximum atomic E-state index is 14.1.